The molecule has 0 aliphatic carbocycles. The van der Waals surface area contributed by atoms with E-state index in [9.17, 15) is 19.5 Å². The van der Waals surface area contributed by atoms with Gasteiger partial charge in [0, 0.05) is 36.2 Å². The number of carbonyl (C=O) groups is 2. The molecule has 4 N–H and O–H groups in total. The van der Waals surface area contributed by atoms with Gasteiger partial charge in [-0.15, -0.1) is 0 Å². The number of nitrogens with one attached hydrogen (secondary N) is 1. The molecule has 0 radical (unpaired) electrons. The summed E-state index contributed by atoms with van der Waals surface area (Å²) in [4.78, 5) is 34.9. The number of carbonyl (C=O) groups excluding carboxylic acids is 1. The number of carboxylic acids is 1. The molecule has 0 aliphatic heterocycles. The number of carboxylic acid groups (broad SMARTS) is 1. The van der Waals surface area contributed by atoms with Gasteiger partial charge in [0.25, 0.3) is 0 Å². The maximum absolute atomic E-state index is 11.9. The number of anilines is 1. The minimum absolute atomic E-state index is 0.208. The number of aryl methyl sites for hydroxylation is 1. The Bertz CT molecular complexity index is 872. The molecule has 0 fully saturated rings. The normalized spacial score (nSPS) is 13.4. The van der Waals surface area contributed by atoms with E-state index in [1.807, 2.05) is 6.92 Å². The fourth-order valence-electron chi connectivity index (χ4n) is 3.08. The Morgan fingerprint density at radius 3 is 2.56 bits per heavy atom. The van der Waals surface area contributed by atoms with E-state index in [0.29, 0.717) is 34.9 Å². The molecule has 2 aromatic rings. The Balaban J connectivity index is 2.64. The van der Waals surface area contributed by atoms with Gasteiger partial charge in [-0.25, -0.2) is 4.79 Å². The van der Waals surface area contributed by atoms with Crippen LogP contribution in [0.2, 0.25) is 0 Å². The Morgan fingerprint density at radius 2 is 2.00 bits per heavy atom. The molecule has 134 valence electrons. The van der Waals surface area contributed by atoms with Crippen LogP contribution in [0.25, 0.3) is 11.0 Å². The molecule has 25 heavy (non-hydrogen) atoms. The summed E-state index contributed by atoms with van der Waals surface area (Å²) in [7, 11) is 0. The highest BCUT2D eigenvalue weighted by atomic mass is 16.4. The maximum Gasteiger partial charge on any atom is 0.336 e. The number of benzene rings is 1. The van der Waals surface area contributed by atoms with Crippen molar-refractivity contribution in [2.75, 3.05) is 5.73 Å². The van der Waals surface area contributed by atoms with Gasteiger partial charge in [-0.2, -0.15) is 0 Å². The van der Waals surface area contributed by atoms with Crippen LogP contribution >= 0.6 is 0 Å². The maximum atomic E-state index is 11.9. The van der Waals surface area contributed by atoms with E-state index in [0.717, 1.165) is 0 Å². The highest BCUT2D eigenvalue weighted by Crippen LogP contribution is 2.32. The summed E-state index contributed by atoms with van der Waals surface area (Å²) >= 11 is 0. The second-order valence-electron chi connectivity index (χ2n) is 6.14. The number of fused-ring (bicyclic) bond motifs is 1. The molecule has 0 aliphatic rings. The van der Waals surface area contributed by atoms with Crippen LogP contribution in [-0.2, 0) is 9.59 Å². The van der Waals surface area contributed by atoms with Crippen molar-refractivity contribution in [3.8, 4) is 0 Å². The van der Waals surface area contributed by atoms with Crippen molar-refractivity contribution in [1.29, 1.82) is 0 Å². The SMILES string of the molecule is CCCC(NC(C)=O)C(C(=O)O)c1cc2c(C)cc(=O)oc2cc1N. The van der Waals surface area contributed by atoms with Gasteiger partial charge in [-0.3, -0.25) is 9.59 Å². The Hall–Kier alpha value is -2.83. The number of hydrogen-bond acceptors (Lipinski definition) is 5. The van der Waals surface area contributed by atoms with Crippen LogP contribution in [-0.4, -0.2) is 23.0 Å². The van der Waals surface area contributed by atoms with E-state index in [2.05, 4.69) is 5.32 Å². The minimum atomic E-state index is -1.08. The quantitative estimate of drug-likeness (QED) is 0.544. The van der Waals surface area contributed by atoms with Crippen LogP contribution in [0.3, 0.4) is 0 Å². The lowest BCUT2D eigenvalue weighted by Gasteiger charge is -2.26. The number of hydrogen-bond donors (Lipinski definition) is 3. The smallest absolute Gasteiger partial charge is 0.336 e. The summed E-state index contributed by atoms with van der Waals surface area (Å²) in [6.07, 6.45) is 1.20. The highest BCUT2D eigenvalue weighted by molar-refractivity contribution is 5.89. The van der Waals surface area contributed by atoms with Crippen LogP contribution in [0.1, 0.15) is 43.7 Å². The third-order valence-corrected chi connectivity index (χ3v) is 4.15. The van der Waals surface area contributed by atoms with Crippen molar-refractivity contribution in [2.24, 2.45) is 0 Å². The number of amides is 1. The first-order chi connectivity index (χ1) is 11.7. The molecule has 0 bridgehead atoms. The zero-order valence-electron chi connectivity index (χ0n) is 14.5. The van der Waals surface area contributed by atoms with E-state index < -0.39 is 23.6 Å². The number of rotatable bonds is 6. The third kappa shape index (κ3) is 3.99. The number of aliphatic carboxylic acids is 1. The first-order valence-corrected chi connectivity index (χ1v) is 8.08. The molecule has 2 unspecified atom stereocenters. The molecule has 1 amide bonds. The van der Waals surface area contributed by atoms with Crippen LogP contribution < -0.4 is 16.7 Å². The fourth-order valence-corrected chi connectivity index (χ4v) is 3.08. The second kappa shape index (κ2) is 7.38. The van der Waals surface area contributed by atoms with E-state index in [1.54, 1.807) is 13.0 Å². The predicted molar refractivity (Wildman–Crippen MR) is 94.5 cm³/mol. The van der Waals surface area contributed by atoms with Gasteiger partial charge in [-0.05, 0) is 30.5 Å². The van der Waals surface area contributed by atoms with Gasteiger partial charge < -0.3 is 20.6 Å². The van der Waals surface area contributed by atoms with Crippen LogP contribution in [0, 0.1) is 6.92 Å². The van der Waals surface area contributed by atoms with Crippen molar-refractivity contribution in [2.45, 2.75) is 45.6 Å². The fraction of sp³-hybridized carbons (Fsp3) is 0.389. The lowest BCUT2D eigenvalue weighted by Crippen LogP contribution is -2.41. The zero-order chi connectivity index (χ0) is 18.7. The summed E-state index contributed by atoms with van der Waals surface area (Å²) in [5, 5.41) is 13.1. The first-order valence-electron chi connectivity index (χ1n) is 8.08. The zero-order valence-corrected chi connectivity index (χ0v) is 14.5. The van der Waals surface area contributed by atoms with Crippen molar-refractivity contribution in [3.05, 3.63) is 39.7 Å². The first kappa shape index (κ1) is 18.5. The second-order valence-corrected chi connectivity index (χ2v) is 6.14. The number of nitrogen functional groups attached to an aromatic ring is 1. The van der Waals surface area contributed by atoms with E-state index >= 15 is 0 Å². The summed E-state index contributed by atoms with van der Waals surface area (Å²) in [6, 6.07) is 3.85. The van der Waals surface area contributed by atoms with Crippen LogP contribution in [0.4, 0.5) is 5.69 Å². The number of nitrogens with two attached hydrogens (primary N) is 1. The van der Waals surface area contributed by atoms with Gasteiger partial charge in [0.15, 0.2) is 0 Å². The van der Waals surface area contributed by atoms with Gasteiger partial charge in [0.05, 0.1) is 0 Å². The average molecular weight is 346 g/mol. The Labute approximate surface area is 144 Å². The molecule has 2 rings (SSSR count). The lowest BCUT2D eigenvalue weighted by atomic mass is 9.86. The van der Waals surface area contributed by atoms with Gasteiger partial charge in [0.2, 0.25) is 5.91 Å². The van der Waals surface area contributed by atoms with Crippen LogP contribution in [0.5, 0.6) is 0 Å². The average Bonchev–Trinajstić information content (AvgIpc) is 2.47. The van der Waals surface area contributed by atoms with E-state index in [-0.39, 0.29) is 11.6 Å². The van der Waals surface area contributed by atoms with Crippen LogP contribution in [0.15, 0.2) is 27.4 Å². The van der Waals surface area contributed by atoms with Crippen molar-refractivity contribution in [3.63, 3.8) is 0 Å². The lowest BCUT2D eigenvalue weighted by molar-refractivity contribution is -0.139. The summed E-state index contributed by atoms with van der Waals surface area (Å²) in [5.41, 5.74) is 7.14. The molecule has 7 nitrogen and oxygen atoms in total. The predicted octanol–water partition coefficient (Wildman–Crippen LogP) is 2.16. The van der Waals surface area contributed by atoms with E-state index in [4.69, 9.17) is 10.2 Å². The monoisotopic (exact) mass is 346 g/mol. The van der Waals surface area contributed by atoms with Gasteiger partial charge in [0.1, 0.15) is 11.5 Å². The minimum Gasteiger partial charge on any atom is -0.481 e. The molecule has 1 heterocycles. The summed E-state index contributed by atoms with van der Waals surface area (Å²) in [5.74, 6) is -2.38. The molecule has 1 aromatic heterocycles. The molecule has 1 aromatic carbocycles. The third-order valence-electron chi connectivity index (χ3n) is 4.15. The largest absolute Gasteiger partial charge is 0.481 e. The molecule has 0 spiro atoms. The standard InChI is InChI=1S/C18H22N2O5/c1-4-5-14(20-10(3)21)17(18(23)24)12-7-11-9(2)6-16(22)25-15(11)8-13(12)19/h6-8,14,17H,4-5,19H2,1-3H3,(H,20,21)(H,23,24). The Kier molecular flexibility index (Phi) is 5.46. The molecule has 0 saturated heterocycles. The van der Waals surface area contributed by atoms with Gasteiger partial charge >= 0.3 is 11.6 Å². The van der Waals surface area contributed by atoms with Crippen molar-refractivity contribution >= 4 is 28.5 Å². The van der Waals surface area contributed by atoms with Crippen molar-refractivity contribution < 1.29 is 19.1 Å². The summed E-state index contributed by atoms with van der Waals surface area (Å²) < 4.78 is 5.14. The molecular weight excluding hydrogens is 324 g/mol. The van der Waals surface area contributed by atoms with Gasteiger partial charge in [-0.1, -0.05) is 13.3 Å². The topological polar surface area (TPSA) is 123 Å². The molecule has 7 heteroatoms. The highest BCUT2D eigenvalue weighted by Gasteiger charge is 2.32. The summed E-state index contributed by atoms with van der Waals surface area (Å²) in [6.45, 7) is 5.01. The molecule has 0 saturated carbocycles. The Morgan fingerprint density at radius 1 is 1.32 bits per heavy atom. The molecular formula is C18H22N2O5. The van der Waals surface area contributed by atoms with Crippen molar-refractivity contribution in [1.82, 2.24) is 5.32 Å². The molecule has 2 atom stereocenters. The van der Waals surface area contributed by atoms with E-state index in [1.165, 1.54) is 19.1 Å².